The van der Waals surface area contributed by atoms with Crippen LogP contribution in [0, 0.1) is 0 Å². The van der Waals surface area contributed by atoms with Gasteiger partial charge in [0.1, 0.15) is 5.56 Å². The average Bonchev–Trinajstić information content (AvgIpc) is 2.86. The van der Waals surface area contributed by atoms with Gasteiger partial charge in [-0.05, 0) is 54.1 Å². The first kappa shape index (κ1) is 27.7. The lowest BCUT2D eigenvalue weighted by atomic mass is 10.1. The summed E-state index contributed by atoms with van der Waals surface area (Å²) < 4.78 is 105. The summed E-state index contributed by atoms with van der Waals surface area (Å²) in [6.07, 6.45) is -8.11. The minimum absolute atomic E-state index is 0.178. The first-order valence-corrected chi connectivity index (χ1v) is 12.4. The van der Waals surface area contributed by atoms with Gasteiger partial charge in [-0.2, -0.15) is 26.3 Å². The maximum atomic E-state index is 13.0. The first-order chi connectivity index (χ1) is 18.1. The van der Waals surface area contributed by atoms with E-state index in [2.05, 4.69) is 10.3 Å². The molecule has 3 aromatic carbocycles. The lowest BCUT2D eigenvalue weighted by Gasteiger charge is -2.12. The van der Waals surface area contributed by atoms with E-state index in [0.717, 1.165) is 48.7 Å². The third kappa shape index (κ3) is 6.22. The highest BCUT2D eigenvalue weighted by molar-refractivity contribution is 7.92. The van der Waals surface area contributed by atoms with E-state index >= 15 is 0 Å². The van der Waals surface area contributed by atoms with Crippen molar-refractivity contribution in [3.05, 3.63) is 105 Å². The van der Waals surface area contributed by atoms with Crippen LogP contribution in [0.15, 0.2) is 82.6 Å². The van der Waals surface area contributed by atoms with Gasteiger partial charge < -0.3 is 10.3 Å². The Bertz CT molecular complexity index is 1710. The predicted molar refractivity (Wildman–Crippen MR) is 129 cm³/mol. The number of H-pyrrole nitrogens is 1. The molecule has 1 heterocycles. The number of amides is 1. The maximum Gasteiger partial charge on any atom is 0.416 e. The van der Waals surface area contributed by atoms with E-state index in [1.54, 1.807) is 0 Å². The summed E-state index contributed by atoms with van der Waals surface area (Å²) in [5.41, 5.74) is -3.00. The van der Waals surface area contributed by atoms with Crippen LogP contribution < -0.4 is 15.5 Å². The van der Waals surface area contributed by atoms with E-state index in [1.165, 1.54) is 18.2 Å². The number of carbonyl (C=O) groups excluding carboxylic acids is 1. The van der Waals surface area contributed by atoms with Crippen molar-refractivity contribution in [2.24, 2.45) is 0 Å². The van der Waals surface area contributed by atoms with Crippen molar-refractivity contribution in [3.63, 3.8) is 0 Å². The van der Waals surface area contributed by atoms with Crippen LogP contribution in [0.1, 0.15) is 27.0 Å². The Morgan fingerprint density at radius 3 is 2.15 bits per heavy atom. The van der Waals surface area contributed by atoms with Gasteiger partial charge in [-0.15, -0.1) is 0 Å². The fourth-order valence-electron chi connectivity index (χ4n) is 3.60. The van der Waals surface area contributed by atoms with E-state index in [9.17, 15) is 44.3 Å². The minimum Gasteiger partial charge on any atom is -0.360 e. The molecule has 0 saturated carbocycles. The number of benzene rings is 3. The molecule has 0 aliphatic heterocycles. The summed E-state index contributed by atoms with van der Waals surface area (Å²) in [5.74, 6) is -0.867. The lowest BCUT2D eigenvalue weighted by Crippen LogP contribution is -2.28. The molecule has 14 heteroatoms. The van der Waals surface area contributed by atoms with Crippen molar-refractivity contribution in [1.29, 1.82) is 0 Å². The molecular weight excluding hydrogens is 552 g/mol. The normalized spacial score (nSPS) is 12.4. The molecule has 0 spiro atoms. The molecule has 0 aliphatic rings. The molecule has 7 nitrogen and oxygen atoms in total. The highest BCUT2D eigenvalue weighted by Gasteiger charge is 2.31. The van der Waals surface area contributed by atoms with Crippen LogP contribution in [0.4, 0.5) is 32.0 Å². The van der Waals surface area contributed by atoms with E-state index in [-0.39, 0.29) is 23.1 Å². The topological polar surface area (TPSA) is 108 Å². The number of aromatic amines is 1. The Kier molecular flexibility index (Phi) is 7.17. The number of nitrogens with one attached hydrogen (secondary N) is 3. The van der Waals surface area contributed by atoms with Crippen molar-refractivity contribution in [1.82, 2.24) is 10.3 Å². The number of hydrogen-bond donors (Lipinski definition) is 3. The zero-order valence-corrected chi connectivity index (χ0v) is 20.3. The second-order valence-electron chi connectivity index (χ2n) is 8.30. The second kappa shape index (κ2) is 10.1. The van der Waals surface area contributed by atoms with Crippen molar-refractivity contribution in [2.75, 3.05) is 4.72 Å². The number of anilines is 1. The Hall–Kier alpha value is -4.33. The summed E-state index contributed by atoms with van der Waals surface area (Å²) in [6.45, 7) is -0.191. The summed E-state index contributed by atoms with van der Waals surface area (Å²) in [4.78, 5) is 27.8. The maximum absolute atomic E-state index is 13.0. The van der Waals surface area contributed by atoms with Gasteiger partial charge >= 0.3 is 12.4 Å². The van der Waals surface area contributed by atoms with Gasteiger partial charge in [0.2, 0.25) is 5.43 Å². The standard InChI is InChI=1S/C25H17F6N3O4S/c26-24(27,28)15-6-4-14(5-7-15)12-33-23(36)20-13-32-21-9-8-18(11-19(21)22(20)35)39(37,38)34-17-3-1-2-16(10-17)25(29,30)31/h1-11,13,34H,12H2,(H,32,35)(H,33,36). The van der Waals surface area contributed by atoms with Gasteiger partial charge in [0.15, 0.2) is 0 Å². The fourth-order valence-corrected chi connectivity index (χ4v) is 4.67. The van der Waals surface area contributed by atoms with E-state index in [0.29, 0.717) is 11.6 Å². The van der Waals surface area contributed by atoms with E-state index in [1.807, 2.05) is 4.72 Å². The number of fused-ring (bicyclic) bond motifs is 1. The van der Waals surface area contributed by atoms with Crippen LogP contribution in [-0.2, 0) is 28.9 Å². The van der Waals surface area contributed by atoms with Gasteiger partial charge in [-0.25, -0.2) is 8.42 Å². The van der Waals surface area contributed by atoms with Gasteiger partial charge in [-0.1, -0.05) is 18.2 Å². The molecule has 0 aliphatic carbocycles. The number of aromatic nitrogens is 1. The van der Waals surface area contributed by atoms with Crippen LogP contribution in [0.3, 0.4) is 0 Å². The molecule has 204 valence electrons. The van der Waals surface area contributed by atoms with Crippen molar-refractivity contribution < 1.29 is 39.6 Å². The number of halogens is 6. The highest BCUT2D eigenvalue weighted by atomic mass is 32.2. The third-order valence-electron chi connectivity index (χ3n) is 5.58. The molecule has 3 N–H and O–H groups in total. The smallest absolute Gasteiger partial charge is 0.360 e. The van der Waals surface area contributed by atoms with Crippen LogP contribution in [0.2, 0.25) is 0 Å². The number of sulfonamides is 1. The van der Waals surface area contributed by atoms with Crippen molar-refractivity contribution in [3.8, 4) is 0 Å². The Morgan fingerprint density at radius 2 is 1.51 bits per heavy atom. The molecule has 1 aromatic heterocycles. The number of pyridine rings is 1. The zero-order chi connectivity index (χ0) is 28.6. The van der Waals surface area contributed by atoms with Gasteiger partial charge in [0.05, 0.1) is 16.0 Å². The summed E-state index contributed by atoms with van der Waals surface area (Å²) in [7, 11) is -4.43. The van der Waals surface area contributed by atoms with Crippen LogP contribution in [-0.4, -0.2) is 19.3 Å². The number of rotatable bonds is 6. The van der Waals surface area contributed by atoms with E-state index < -0.39 is 55.3 Å². The zero-order valence-electron chi connectivity index (χ0n) is 19.4. The monoisotopic (exact) mass is 569 g/mol. The summed E-state index contributed by atoms with van der Waals surface area (Å²) in [5, 5.41) is 2.22. The predicted octanol–water partition coefficient (Wildman–Crippen LogP) is 5.30. The Morgan fingerprint density at radius 1 is 0.846 bits per heavy atom. The fraction of sp³-hybridized carbons (Fsp3) is 0.120. The Labute approximate surface area is 216 Å². The molecule has 1 amide bonds. The molecule has 0 saturated heterocycles. The summed E-state index contributed by atoms with van der Waals surface area (Å²) >= 11 is 0. The molecule has 4 rings (SSSR count). The first-order valence-electron chi connectivity index (χ1n) is 10.9. The molecule has 0 atom stereocenters. The molecule has 0 fully saturated rings. The number of hydrogen-bond acceptors (Lipinski definition) is 4. The molecule has 0 radical (unpaired) electrons. The van der Waals surface area contributed by atoms with Crippen LogP contribution in [0.25, 0.3) is 10.9 Å². The molecular formula is C25H17F6N3O4S. The van der Waals surface area contributed by atoms with Crippen molar-refractivity contribution in [2.45, 2.75) is 23.8 Å². The molecule has 0 unspecified atom stereocenters. The molecule has 0 bridgehead atoms. The number of carbonyl (C=O) groups is 1. The Balaban J connectivity index is 1.57. The van der Waals surface area contributed by atoms with Gasteiger partial charge in [0, 0.05) is 29.3 Å². The van der Waals surface area contributed by atoms with Gasteiger partial charge in [0.25, 0.3) is 15.9 Å². The minimum atomic E-state index is -4.69. The van der Waals surface area contributed by atoms with Crippen LogP contribution in [0.5, 0.6) is 0 Å². The number of alkyl halides is 6. The largest absolute Gasteiger partial charge is 0.416 e. The lowest BCUT2D eigenvalue weighted by molar-refractivity contribution is -0.138. The highest BCUT2D eigenvalue weighted by Crippen LogP contribution is 2.31. The SMILES string of the molecule is O=C(NCc1ccc(C(F)(F)F)cc1)c1c[nH]c2ccc(S(=O)(=O)Nc3cccc(C(F)(F)F)c3)cc2c1=O. The summed E-state index contributed by atoms with van der Waals surface area (Å²) in [6, 6.07) is 10.9. The van der Waals surface area contributed by atoms with Crippen LogP contribution >= 0.6 is 0 Å². The molecule has 4 aromatic rings. The van der Waals surface area contributed by atoms with Gasteiger partial charge in [-0.3, -0.25) is 14.3 Å². The molecule has 39 heavy (non-hydrogen) atoms. The van der Waals surface area contributed by atoms with E-state index in [4.69, 9.17) is 0 Å². The third-order valence-corrected chi connectivity index (χ3v) is 6.96. The van der Waals surface area contributed by atoms with Crippen molar-refractivity contribution >= 4 is 32.5 Å². The average molecular weight is 569 g/mol. The second-order valence-corrected chi connectivity index (χ2v) is 9.98. The quantitative estimate of drug-likeness (QED) is 0.274.